The van der Waals surface area contributed by atoms with Crippen molar-refractivity contribution in [2.45, 2.75) is 19.0 Å². The van der Waals surface area contributed by atoms with Gasteiger partial charge in [0, 0.05) is 50.8 Å². The van der Waals surface area contributed by atoms with Crippen molar-refractivity contribution in [1.29, 1.82) is 0 Å². The highest BCUT2D eigenvalue weighted by molar-refractivity contribution is 5.94. The molecule has 1 saturated heterocycles. The van der Waals surface area contributed by atoms with Crippen LogP contribution in [-0.2, 0) is 11.0 Å². The van der Waals surface area contributed by atoms with Gasteiger partial charge in [0.15, 0.2) is 0 Å². The third-order valence-corrected chi connectivity index (χ3v) is 5.36. The number of hydrogen-bond acceptors (Lipinski definition) is 5. The van der Waals surface area contributed by atoms with Gasteiger partial charge in [-0.3, -0.25) is 19.7 Å². The monoisotopic (exact) mass is 464 g/mol. The third kappa shape index (κ3) is 6.21. The van der Waals surface area contributed by atoms with Gasteiger partial charge in [0.05, 0.1) is 10.5 Å². The van der Waals surface area contributed by atoms with Crippen LogP contribution < -0.4 is 10.2 Å². The fraction of sp³-hybridized carbons (Fsp3) is 0.364. The van der Waals surface area contributed by atoms with Crippen molar-refractivity contribution in [3.8, 4) is 0 Å². The number of carbonyl (C=O) groups excluding carboxylic acids is 2. The molecule has 11 heteroatoms. The fourth-order valence-corrected chi connectivity index (χ4v) is 3.60. The number of anilines is 1. The molecule has 3 rings (SSSR count). The molecule has 1 aliphatic heterocycles. The summed E-state index contributed by atoms with van der Waals surface area (Å²) in [5.41, 5.74) is -1.05. The topological polar surface area (TPSA) is 95.8 Å². The normalized spacial score (nSPS) is 14.2. The quantitative estimate of drug-likeness (QED) is 0.385. The summed E-state index contributed by atoms with van der Waals surface area (Å²) in [6.45, 7) is 1.48. The number of nitro benzene ring substituents is 1. The predicted molar refractivity (Wildman–Crippen MR) is 115 cm³/mol. The zero-order valence-corrected chi connectivity index (χ0v) is 17.7. The van der Waals surface area contributed by atoms with E-state index in [1.807, 2.05) is 6.07 Å². The minimum absolute atomic E-state index is 0.101. The van der Waals surface area contributed by atoms with Crippen LogP contribution in [0.5, 0.6) is 0 Å². The number of amides is 2. The lowest BCUT2D eigenvalue weighted by molar-refractivity contribution is -0.384. The molecule has 0 radical (unpaired) electrons. The van der Waals surface area contributed by atoms with E-state index in [0.717, 1.165) is 12.1 Å². The van der Waals surface area contributed by atoms with Crippen LogP contribution in [0.4, 0.5) is 24.5 Å². The highest BCUT2D eigenvalue weighted by Crippen LogP contribution is 2.36. The maximum atomic E-state index is 12.9. The van der Waals surface area contributed by atoms with Crippen molar-refractivity contribution in [3.63, 3.8) is 0 Å². The first kappa shape index (κ1) is 24.0. The minimum Gasteiger partial charge on any atom is -0.362 e. The van der Waals surface area contributed by atoms with E-state index in [0.29, 0.717) is 37.7 Å². The maximum Gasteiger partial charge on any atom is 0.416 e. The van der Waals surface area contributed by atoms with Crippen molar-refractivity contribution in [3.05, 3.63) is 69.8 Å². The zero-order valence-electron chi connectivity index (χ0n) is 17.7. The molecule has 0 aromatic heterocycles. The lowest BCUT2D eigenvalue weighted by Gasteiger charge is -2.36. The van der Waals surface area contributed by atoms with Gasteiger partial charge in [-0.15, -0.1) is 0 Å². The number of nitrogens with zero attached hydrogens (tertiary/aromatic N) is 3. The molecule has 176 valence electrons. The van der Waals surface area contributed by atoms with Gasteiger partial charge >= 0.3 is 6.18 Å². The zero-order chi connectivity index (χ0) is 24.0. The molecule has 1 heterocycles. The van der Waals surface area contributed by atoms with E-state index in [1.54, 1.807) is 34.1 Å². The Morgan fingerprint density at radius 2 is 1.70 bits per heavy atom. The predicted octanol–water partition coefficient (Wildman–Crippen LogP) is 3.47. The number of hydrogen-bond donors (Lipinski definition) is 1. The molecule has 1 fully saturated rings. The second-order valence-electron chi connectivity index (χ2n) is 7.55. The Kier molecular flexibility index (Phi) is 7.52. The molecular weight excluding hydrogens is 441 g/mol. The second kappa shape index (κ2) is 10.3. The fourth-order valence-electron chi connectivity index (χ4n) is 3.60. The molecule has 8 nitrogen and oxygen atoms in total. The van der Waals surface area contributed by atoms with E-state index in [1.165, 1.54) is 0 Å². The summed E-state index contributed by atoms with van der Waals surface area (Å²) in [5, 5.41) is 14.1. The lowest BCUT2D eigenvalue weighted by atomic mass is 10.1. The van der Waals surface area contributed by atoms with Crippen molar-refractivity contribution in [2.24, 2.45) is 0 Å². The van der Waals surface area contributed by atoms with Crippen LogP contribution in [-0.4, -0.2) is 54.4 Å². The van der Waals surface area contributed by atoms with E-state index in [4.69, 9.17) is 0 Å². The van der Waals surface area contributed by atoms with Gasteiger partial charge in [-0.05, 0) is 30.7 Å². The summed E-state index contributed by atoms with van der Waals surface area (Å²) in [5.74, 6) is -0.319. The molecule has 0 atom stereocenters. The first-order valence-electron chi connectivity index (χ1n) is 10.4. The largest absolute Gasteiger partial charge is 0.416 e. The summed E-state index contributed by atoms with van der Waals surface area (Å²) >= 11 is 0. The van der Waals surface area contributed by atoms with Crippen LogP contribution >= 0.6 is 0 Å². The highest BCUT2D eigenvalue weighted by Gasteiger charge is 2.34. The molecule has 33 heavy (non-hydrogen) atoms. The van der Waals surface area contributed by atoms with Crippen molar-refractivity contribution in [1.82, 2.24) is 10.2 Å². The van der Waals surface area contributed by atoms with Gasteiger partial charge in [-0.25, -0.2) is 0 Å². The lowest BCUT2D eigenvalue weighted by Crippen LogP contribution is -2.49. The van der Waals surface area contributed by atoms with Crippen molar-refractivity contribution >= 4 is 23.2 Å². The van der Waals surface area contributed by atoms with Gasteiger partial charge < -0.3 is 15.1 Å². The first-order valence-corrected chi connectivity index (χ1v) is 10.4. The Labute approximate surface area is 188 Å². The van der Waals surface area contributed by atoms with Crippen LogP contribution in [0, 0.1) is 10.1 Å². The molecule has 0 spiro atoms. The first-order chi connectivity index (χ1) is 15.7. The number of halogens is 3. The molecule has 2 aromatic rings. The number of nitro groups is 1. The molecular formula is C22H23F3N4O4. The molecule has 1 aliphatic rings. The minimum atomic E-state index is -4.67. The van der Waals surface area contributed by atoms with Crippen molar-refractivity contribution < 1.29 is 27.7 Å². The SMILES string of the molecule is O=C(NCCCC(=O)N1CCN(c2ccc(C(F)(F)F)cc2[N+](=O)[O-])CC1)c1ccccc1. The second-order valence-corrected chi connectivity index (χ2v) is 7.55. The molecule has 0 saturated carbocycles. The van der Waals surface area contributed by atoms with Gasteiger partial charge in [0.25, 0.3) is 11.6 Å². The van der Waals surface area contributed by atoms with E-state index in [2.05, 4.69) is 5.32 Å². The van der Waals surface area contributed by atoms with E-state index in [9.17, 15) is 32.9 Å². The van der Waals surface area contributed by atoms with Gasteiger partial charge in [0.1, 0.15) is 5.69 Å². The molecule has 2 aromatic carbocycles. The van der Waals surface area contributed by atoms with Gasteiger partial charge in [-0.2, -0.15) is 13.2 Å². The van der Waals surface area contributed by atoms with Crippen LogP contribution in [0.3, 0.4) is 0 Å². The number of alkyl halides is 3. The summed E-state index contributed by atoms with van der Waals surface area (Å²) in [4.78, 5) is 38.2. The number of benzene rings is 2. The summed E-state index contributed by atoms with van der Waals surface area (Å²) in [7, 11) is 0. The Morgan fingerprint density at radius 3 is 2.30 bits per heavy atom. The number of carbonyl (C=O) groups is 2. The Hall–Kier alpha value is -3.63. The van der Waals surface area contributed by atoms with Crippen LogP contribution in [0.25, 0.3) is 0 Å². The van der Waals surface area contributed by atoms with E-state index >= 15 is 0 Å². The van der Waals surface area contributed by atoms with E-state index in [-0.39, 0.29) is 37.0 Å². The Balaban J connectivity index is 1.49. The molecule has 0 unspecified atom stereocenters. The maximum absolute atomic E-state index is 12.9. The summed E-state index contributed by atoms with van der Waals surface area (Å²) in [6.07, 6.45) is -3.98. The standard InChI is InChI=1S/C22H23F3N4O4/c23-22(24,25)17-8-9-18(19(15-17)29(32)33)27-11-13-28(14-12-27)20(30)7-4-10-26-21(31)16-5-2-1-3-6-16/h1-3,5-6,8-9,15H,4,7,10-14H2,(H,26,31). The summed E-state index contributed by atoms with van der Waals surface area (Å²) in [6, 6.07) is 11.2. The smallest absolute Gasteiger partial charge is 0.362 e. The average molecular weight is 464 g/mol. The Morgan fingerprint density at radius 1 is 1.03 bits per heavy atom. The Bertz CT molecular complexity index is 1010. The van der Waals surface area contributed by atoms with Crippen LogP contribution in [0.2, 0.25) is 0 Å². The number of rotatable bonds is 7. The third-order valence-electron chi connectivity index (χ3n) is 5.36. The van der Waals surface area contributed by atoms with Gasteiger partial charge in [-0.1, -0.05) is 18.2 Å². The average Bonchev–Trinajstić information content (AvgIpc) is 2.81. The number of piperazine rings is 1. The number of nitrogens with one attached hydrogen (secondary N) is 1. The van der Waals surface area contributed by atoms with E-state index < -0.39 is 22.4 Å². The summed E-state index contributed by atoms with van der Waals surface area (Å²) < 4.78 is 38.7. The van der Waals surface area contributed by atoms with Crippen molar-refractivity contribution in [2.75, 3.05) is 37.6 Å². The van der Waals surface area contributed by atoms with Gasteiger partial charge in [0.2, 0.25) is 5.91 Å². The molecule has 2 amide bonds. The molecule has 0 bridgehead atoms. The van der Waals surface area contributed by atoms with Crippen LogP contribution in [0.1, 0.15) is 28.8 Å². The van der Waals surface area contributed by atoms with Crippen LogP contribution in [0.15, 0.2) is 48.5 Å². The highest BCUT2D eigenvalue weighted by atomic mass is 19.4. The molecule has 1 N–H and O–H groups in total. The molecule has 0 aliphatic carbocycles.